The normalized spacial score (nSPS) is 11.5. The van der Waals surface area contributed by atoms with Crippen LogP contribution in [0.5, 0.6) is 5.75 Å². The van der Waals surface area contributed by atoms with Gasteiger partial charge in [0.15, 0.2) is 0 Å². The van der Waals surface area contributed by atoms with E-state index in [-0.39, 0.29) is 18.8 Å². The van der Waals surface area contributed by atoms with Crippen molar-refractivity contribution in [2.24, 2.45) is 5.73 Å². The van der Waals surface area contributed by atoms with E-state index in [9.17, 15) is 9.18 Å². The molecule has 0 bridgehead atoms. The maximum Gasteiger partial charge on any atom is 0.350 e. The minimum atomic E-state index is -0.365. The van der Waals surface area contributed by atoms with Crippen LogP contribution in [0.25, 0.3) is 5.69 Å². The standard InChI is InChI=1S/C19H19FN4O2/c20-10-16(11-21)12-24-19(25)23(14-22-24)17-6-8-18(9-7-17)26-13-15-4-2-1-3-5-15/h1-10,14H,11-13,21H2/b16-10+. The van der Waals surface area contributed by atoms with Crippen molar-refractivity contribution >= 4 is 0 Å². The maximum atomic E-state index is 12.6. The number of benzene rings is 2. The summed E-state index contributed by atoms with van der Waals surface area (Å²) in [5, 5.41) is 4.00. The predicted octanol–water partition coefficient (Wildman–Crippen LogP) is 2.43. The molecular formula is C19H19FN4O2. The third kappa shape index (κ3) is 4.07. The highest BCUT2D eigenvalue weighted by Crippen LogP contribution is 2.16. The molecule has 0 unspecified atom stereocenters. The molecule has 0 spiro atoms. The zero-order valence-electron chi connectivity index (χ0n) is 14.1. The zero-order chi connectivity index (χ0) is 18.4. The van der Waals surface area contributed by atoms with E-state index in [1.807, 2.05) is 30.3 Å². The van der Waals surface area contributed by atoms with Crippen molar-refractivity contribution < 1.29 is 9.13 Å². The highest BCUT2D eigenvalue weighted by molar-refractivity contribution is 5.37. The summed E-state index contributed by atoms with van der Waals surface area (Å²) in [6, 6.07) is 17.0. The number of nitrogens with two attached hydrogens (primary N) is 1. The summed E-state index contributed by atoms with van der Waals surface area (Å²) in [6.45, 7) is 0.524. The van der Waals surface area contributed by atoms with Gasteiger partial charge in [-0.15, -0.1) is 0 Å². The van der Waals surface area contributed by atoms with Crippen LogP contribution in [0.2, 0.25) is 0 Å². The van der Waals surface area contributed by atoms with E-state index >= 15 is 0 Å². The molecule has 0 aliphatic rings. The Hall–Kier alpha value is -3.19. The lowest BCUT2D eigenvalue weighted by molar-refractivity contribution is 0.306. The Labute approximate surface area is 149 Å². The van der Waals surface area contributed by atoms with Crippen LogP contribution in [0.4, 0.5) is 4.39 Å². The molecule has 0 saturated carbocycles. The molecule has 0 atom stereocenters. The lowest BCUT2D eigenvalue weighted by Gasteiger charge is -2.07. The van der Waals surface area contributed by atoms with E-state index in [4.69, 9.17) is 10.5 Å². The lowest BCUT2D eigenvalue weighted by Crippen LogP contribution is -2.25. The molecule has 26 heavy (non-hydrogen) atoms. The van der Waals surface area contributed by atoms with Crippen LogP contribution in [0.15, 0.2) is 77.6 Å². The first kappa shape index (κ1) is 17.6. The lowest BCUT2D eigenvalue weighted by atomic mass is 10.2. The van der Waals surface area contributed by atoms with E-state index < -0.39 is 0 Å². The van der Waals surface area contributed by atoms with Crippen LogP contribution in [0.3, 0.4) is 0 Å². The van der Waals surface area contributed by atoms with Gasteiger partial charge in [0.05, 0.1) is 18.6 Å². The Morgan fingerprint density at radius 3 is 2.54 bits per heavy atom. The van der Waals surface area contributed by atoms with Gasteiger partial charge in [-0.2, -0.15) is 5.10 Å². The summed E-state index contributed by atoms with van der Waals surface area (Å²) < 4.78 is 20.9. The number of aromatic nitrogens is 3. The van der Waals surface area contributed by atoms with Gasteiger partial charge in [0.25, 0.3) is 0 Å². The van der Waals surface area contributed by atoms with Gasteiger partial charge in [-0.05, 0) is 35.4 Å². The molecule has 0 aliphatic carbocycles. The smallest absolute Gasteiger partial charge is 0.350 e. The van der Waals surface area contributed by atoms with Crippen LogP contribution < -0.4 is 16.2 Å². The number of hydrogen-bond acceptors (Lipinski definition) is 4. The summed E-state index contributed by atoms with van der Waals surface area (Å²) in [5.74, 6) is 0.698. The molecule has 6 nitrogen and oxygen atoms in total. The minimum absolute atomic E-state index is 0.0249. The van der Waals surface area contributed by atoms with Crippen LogP contribution in [-0.4, -0.2) is 20.9 Å². The van der Waals surface area contributed by atoms with Crippen molar-refractivity contribution in [3.8, 4) is 11.4 Å². The van der Waals surface area contributed by atoms with Crippen molar-refractivity contribution in [1.82, 2.24) is 14.3 Å². The SMILES string of the molecule is NC/C(=C\F)Cn1ncn(-c2ccc(OCc3ccccc3)cc2)c1=O. The maximum absolute atomic E-state index is 12.6. The number of ether oxygens (including phenoxy) is 1. The summed E-state index contributed by atoms with van der Waals surface area (Å²) in [4.78, 5) is 12.4. The zero-order valence-corrected chi connectivity index (χ0v) is 14.1. The van der Waals surface area contributed by atoms with Crippen molar-refractivity contribution in [3.63, 3.8) is 0 Å². The molecule has 0 amide bonds. The minimum Gasteiger partial charge on any atom is -0.489 e. The summed E-state index contributed by atoms with van der Waals surface area (Å²) in [7, 11) is 0. The van der Waals surface area contributed by atoms with Gasteiger partial charge in [0.2, 0.25) is 0 Å². The Kier molecular flexibility index (Phi) is 5.60. The van der Waals surface area contributed by atoms with Crippen molar-refractivity contribution in [3.05, 3.63) is 88.9 Å². The number of rotatable bonds is 7. The van der Waals surface area contributed by atoms with E-state index in [1.165, 1.54) is 10.9 Å². The van der Waals surface area contributed by atoms with Crippen LogP contribution in [-0.2, 0) is 13.2 Å². The van der Waals surface area contributed by atoms with E-state index in [0.29, 0.717) is 29.9 Å². The van der Waals surface area contributed by atoms with Crippen molar-refractivity contribution in [1.29, 1.82) is 0 Å². The molecule has 0 aliphatic heterocycles. The molecule has 1 heterocycles. The average Bonchev–Trinajstić information content (AvgIpc) is 3.06. The molecule has 3 aromatic rings. The largest absolute Gasteiger partial charge is 0.489 e. The van der Waals surface area contributed by atoms with Gasteiger partial charge in [-0.3, -0.25) is 0 Å². The number of nitrogens with zero attached hydrogens (tertiary/aromatic N) is 3. The predicted molar refractivity (Wildman–Crippen MR) is 96.8 cm³/mol. The number of halogens is 1. The van der Waals surface area contributed by atoms with Gasteiger partial charge in [-0.25, -0.2) is 18.4 Å². The molecular weight excluding hydrogens is 335 g/mol. The van der Waals surface area contributed by atoms with Gasteiger partial charge < -0.3 is 10.5 Å². The van der Waals surface area contributed by atoms with Crippen LogP contribution in [0.1, 0.15) is 5.56 Å². The highest BCUT2D eigenvalue weighted by atomic mass is 19.1. The fourth-order valence-electron chi connectivity index (χ4n) is 2.40. The molecule has 2 N–H and O–H groups in total. The molecule has 0 saturated heterocycles. The third-order valence-corrected chi connectivity index (χ3v) is 3.87. The first-order valence-electron chi connectivity index (χ1n) is 8.11. The number of hydrogen-bond donors (Lipinski definition) is 1. The van der Waals surface area contributed by atoms with E-state index in [0.717, 1.165) is 10.2 Å². The van der Waals surface area contributed by atoms with E-state index in [1.54, 1.807) is 24.3 Å². The Morgan fingerprint density at radius 2 is 1.88 bits per heavy atom. The highest BCUT2D eigenvalue weighted by Gasteiger charge is 2.08. The summed E-state index contributed by atoms with van der Waals surface area (Å²) in [6.07, 6.45) is 1.80. The molecule has 134 valence electrons. The second-order valence-electron chi connectivity index (χ2n) is 5.68. The Bertz CT molecular complexity index is 930. The summed E-state index contributed by atoms with van der Waals surface area (Å²) in [5.41, 5.74) is 7.06. The quantitative estimate of drug-likeness (QED) is 0.707. The second kappa shape index (κ2) is 8.26. The second-order valence-corrected chi connectivity index (χ2v) is 5.68. The first-order chi connectivity index (χ1) is 12.7. The average molecular weight is 354 g/mol. The summed E-state index contributed by atoms with van der Waals surface area (Å²) >= 11 is 0. The topological polar surface area (TPSA) is 75.1 Å². The van der Waals surface area contributed by atoms with Crippen molar-refractivity contribution in [2.45, 2.75) is 13.2 Å². The Morgan fingerprint density at radius 1 is 1.15 bits per heavy atom. The first-order valence-corrected chi connectivity index (χ1v) is 8.11. The fraction of sp³-hybridized carbons (Fsp3) is 0.158. The fourth-order valence-corrected chi connectivity index (χ4v) is 2.40. The van der Waals surface area contributed by atoms with Gasteiger partial charge in [0, 0.05) is 6.54 Å². The molecule has 2 aromatic carbocycles. The van der Waals surface area contributed by atoms with Gasteiger partial charge in [-0.1, -0.05) is 30.3 Å². The molecule has 3 rings (SSSR count). The van der Waals surface area contributed by atoms with E-state index in [2.05, 4.69) is 5.10 Å². The Balaban J connectivity index is 1.71. The molecule has 7 heteroatoms. The molecule has 1 aromatic heterocycles. The van der Waals surface area contributed by atoms with Crippen LogP contribution >= 0.6 is 0 Å². The van der Waals surface area contributed by atoms with Gasteiger partial charge in [0.1, 0.15) is 18.7 Å². The van der Waals surface area contributed by atoms with Crippen LogP contribution in [0, 0.1) is 0 Å². The third-order valence-electron chi connectivity index (χ3n) is 3.87. The van der Waals surface area contributed by atoms with Gasteiger partial charge >= 0.3 is 5.69 Å². The molecule has 0 radical (unpaired) electrons. The van der Waals surface area contributed by atoms with Crippen molar-refractivity contribution in [2.75, 3.05) is 6.54 Å². The molecule has 0 fully saturated rings. The monoisotopic (exact) mass is 354 g/mol.